The molecular weight excluding hydrogens is 400 g/mol. The Hall–Kier alpha value is -3.03. The average Bonchev–Trinajstić information content (AvgIpc) is 2.74. The molecule has 0 unspecified atom stereocenters. The first-order valence-corrected chi connectivity index (χ1v) is 11.1. The number of carbonyl (C=O) groups excluding carboxylic acids is 2. The number of carbonyl (C=O) groups is 2. The van der Waals surface area contributed by atoms with Gasteiger partial charge in [0.1, 0.15) is 0 Å². The van der Waals surface area contributed by atoms with Gasteiger partial charge in [0.2, 0.25) is 15.9 Å². The maximum Gasteiger partial charge on any atom is 0.242 e. The number of benzene rings is 3. The highest BCUT2D eigenvalue weighted by Gasteiger charge is 2.20. The number of rotatable bonds is 8. The van der Waals surface area contributed by atoms with E-state index in [0.29, 0.717) is 12.0 Å². The topological polar surface area (TPSA) is 83.6 Å². The molecule has 3 aromatic carbocycles. The molecule has 3 aromatic rings. The van der Waals surface area contributed by atoms with Crippen LogP contribution in [0.2, 0.25) is 0 Å². The maximum absolute atomic E-state index is 12.7. The smallest absolute Gasteiger partial charge is 0.242 e. The van der Waals surface area contributed by atoms with Gasteiger partial charge in [0, 0.05) is 36.7 Å². The second-order valence-electron chi connectivity index (χ2n) is 7.09. The van der Waals surface area contributed by atoms with E-state index in [9.17, 15) is 18.0 Å². The molecule has 3 rings (SSSR count). The first-order valence-electron chi connectivity index (χ1n) is 9.64. The van der Waals surface area contributed by atoms with Crippen molar-refractivity contribution >= 4 is 38.2 Å². The second-order valence-corrected chi connectivity index (χ2v) is 9.13. The number of fused-ring (bicyclic) bond motifs is 1. The molecule has 0 aliphatic carbocycles. The van der Waals surface area contributed by atoms with Crippen molar-refractivity contribution in [3.8, 4) is 0 Å². The molecule has 0 heterocycles. The summed E-state index contributed by atoms with van der Waals surface area (Å²) in [5.74, 6) is -0.285. The third-order valence-electron chi connectivity index (χ3n) is 4.91. The predicted octanol–water partition coefficient (Wildman–Crippen LogP) is 4.08. The van der Waals surface area contributed by atoms with Crippen molar-refractivity contribution in [2.75, 3.05) is 18.9 Å². The quantitative estimate of drug-likeness (QED) is 0.552. The maximum atomic E-state index is 12.7. The number of hydrogen-bond acceptors (Lipinski definition) is 4. The minimum atomic E-state index is -3.68. The molecule has 1 amide bonds. The van der Waals surface area contributed by atoms with Crippen molar-refractivity contribution in [3.05, 3.63) is 72.3 Å². The van der Waals surface area contributed by atoms with E-state index in [1.807, 2.05) is 42.5 Å². The molecule has 6 nitrogen and oxygen atoms in total. The van der Waals surface area contributed by atoms with Crippen molar-refractivity contribution < 1.29 is 18.0 Å². The van der Waals surface area contributed by atoms with Crippen LogP contribution in [0.15, 0.2) is 71.6 Å². The average molecular weight is 425 g/mol. The number of hydrogen-bond donors (Lipinski definition) is 1. The van der Waals surface area contributed by atoms with Gasteiger partial charge < -0.3 is 5.32 Å². The molecule has 0 spiro atoms. The van der Waals surface area contributed by atoms with E-state index < -0.39 is 10.0 Å². The van der Waals surface area contributed by atoms with Crippen LogP contribution in [0, 0.1) is 0 Å². The van der Waals surface area contributed by atoms with Gasteiger partial charge in [0.15, 0.2) is 5.78 Å². The number of nitrogens with one attached hydrogen (secondary N) is 1. The van der Waals surface area contributed by atoms with E-state index in [2.05, 4.69) is 5.32 Å². The Bertz CT molecular complexity index is 1170. The molecule has 0 bridgehead atoms. The summed E-state index contributed by atoms with van der Waals surface area (Å²) in [5.41, 5.74) is 1.20. The van der Waals surface area contributed by atoms with E-state index >= 15 is 0 Å². The lowest BCUT2D eigenvalue weighted by Crippen LogP contribution is -2.28. The normalized spacial score (nSPS) is 11.6. The highest BCUT2D eigenvalue weighted by Crippen LogP contribution is 2.23. The largest absolute Gasteiger partial charge is 0.326 e. The Labute approximate surface area is 176 Å². The summed E-state index contributed by atoms with van der Waals surface area (Å²) in [6, 6.07) is 19.4. The Balaban J connectivity index is 1.57. The van der Waals surface area contributed by atoms with Crippen LogP contribution in [0.5, 0.6) is 0 Å². The standard InChI is InChI=1S/C23H24N2O4S/c1-17(26)18-12-14-20(15-13-18)30(28,29)25(2)16-6-11-23(27)24-22-10-5-8-19-7-3-4-9-21(19)22/h3-5,7-10,12-15H,6,11,16H2,1-2H3,(H,24,27). The van der Waals surface area contributed by atoms with Crippen molar-refractivity contribution in [1.82, 2.24) is 4.31 Å². The Morgan fingerprint density at radius 1 is 0.933 bits per heavy atom. The van der Waals surface area contributed by atoms with Gasteiger partial charge in [-0.2, -0.15) is 0 Å². The number of sulfonamides is 1. The first kappa shape index (κ1) is 21.7. The van der Waals surface area contributed by atoms with E-state index in [1.54, 1.807) is 0 Å². The number of nitrogens with zero attached hydrogens (tertiary/aromatic N) is 1. The lowest BCUT2D eigenvalue weighted by atomic mass is 10.1. The SMILES string of the molecule is CC(=O)c1ccc(S(=O)(=O)N(C)CCCC(=O)Nc2cccc3ccccc23)cc1. The zero-order valence-corrected chi connectivity index (χ0v) is 17.8. The van der Waals surface area contributed by atoms with Crippen LogP contribution in [0.4, 0.5) is 5.69 Å². The fourth-order valence-electron chi connectivity index (χ4n) is 3.17. The van der Waals surface area contributed by atoms with Crippen molar-refractivity contribution in [1.29, 1.82) is 0 Å². The molecule has 0 aliphatic heterocycles. The Morgan fingerprint density at radius 2 is 1.60 bits per heavy atom. The van der Waals surface area contributed by atoms with Gasteiger partial charge in [-0.05, 0) is 36.9 Å². The molecular formula is C23H24N2O4S. The number of anilines is 1. The molecule has 0 aliphatic rings. The fourth-order valence-corrected chi connectivity index (χ4v) is 4.38. The Kier molecular flexibility index (Phi) is 6.64. The van der Waals surface area contributed by atoms with Crippen LogP contribution in [-0.4, -0.2) is 38.0 Å². The molecule has 7 heteroatoms. The van der Waals surface area contributed by atoms with Crippen LogP contribution in [0.1, 0.15) is 30.1 Å². The molecule has 1 N–H and O–H groups in total. The molecule has 0 saturated heterocycles. The van der Waals surface area contributed by atoms with E-state index in [0.717, 1.165) is 16.5 Å². The van der Waals surface area contributed by atoms with Crippen LogP contribution in [0.3, 0.4) is 0 Å². The number of ketones is 1. The molecule has 0 saturated carbocycles. The lowest BCUT2D eigenvalue weighted by Gasteiger charge is -2.17. The summed E-state index contributed by atoms with van der Waals surface area (Å²) in [6.07, 6.45) is 0.588. The summed E-state index contributed by atoms with van der Waals surface area (Å²) in [7, 11) is -2.19. The number of Topliss-reactive ketones (excluding diaryl/α,β-unsaturated/α-hetero) is 1. The van der Waals surface area contributed by atoms with Gasteiger partial charge in [0.25, 0.3) is 0 Å². The highest BCUT2D eigenvalue weighted by atomic mass is 32.2. The molecule has 0 aromatic heterocycles. The van der Waals surface area contributed by atoms with Gasteiger partial charge in [-0.15, -0.1) is 0 Å². The molecule has 0 atom stereocenters. The van der Waals surface area contributed by atoms with Crippen LogP contribution >= 0.6 is 0 Å². The zero-order valence-electron chi connectivity index (χ0n) is 17.0. The summed E-state index contributed by atoms with van der Waals surface area (Å²) in [5, 5.41) is 4.91. The van der Waals surface area contributed by atoms with E-state index in [1.165, 1.54) is 42.5 Å². The lowest BCUT2D eigenvalue weighted by molar-refractivity contribution is -0.116. The first-order chi connectivity index (χ1) is 14.3. The van der Waals surface area contributed by atoms with E-state index in [4.69, 9.17) is 0 Å². The van der Waals surface area contributed by atoms with Gasteiger partial charge in [-0.3, -0.25) is 9.59 Å². The Morgan fingerprint density at radius 3 is 2.30 bits per heavy atom. The fraction of sp³-hybridized carbons (Fsp3) is 0.217. The van der Waals surface area contributed by atoms with Crippen LogP contribution in [0.25, 0.3) is 10.8 Å². The second kappa shape index (κ2) is 9.19. The molecule has 156 valence electrons. The summed E-state index contributed by atoms with van der Waals surface area (Å²) in [6.45, 7) is 1.64. The van der Waals surface area contributed by atoms with Crippen LogP contribution < -0.4 is 5.32 Å². The van der Waals surface area contributed by atoms with E-state index in [-0.39, 0.29) is 29.6 Å². The van der Waals surface area contributed by atoms with Crippen molar-refractivity contribution in [2.45, 2.75) is 24.7 Å². The molecule has 30 heavy (non-hydrogen) atoms. The van der Waals surface area contributed by atoms with Crippen molar-refractivity contribution in [2.24, 2.45) is 0 Å². The minimum Gasteiger partial charge on any atom is -0.326 e. The zero-order chi connectivity index (χ0) is 21.7. The summed E-state index contributed by atoms with van der Waals surface area (Å²) in [4.78, 5) is 23.8. The van der Waals surface area contributed by atoms with Gasteiger partial charge >= 0.3 is 0 Å². The summed E-state index contributed by atoms with van der Waals surface area (Å²) >= 11 is 0. The predicted molar refractivity (Wildman–Crippen MR) is 118 cm³/mol. The van der Waals surface area contributed by atoms with Gasteiger partial charge in [-0.1, -0.05) is 48.5 Å². The highest BCUT2D eigenvalue weighted by molar-refractivity contribution is 7.89. The number of amides is 1. The third kappa shape index (κ3) is 4.93. The monoisotopic (exact) mass is 424 g/mol. The minimum absolute atomic E-state index is 0.121. The third-order valence-corrected chi connectivity index (χ3v) is 6.78. The molecule has 0 fully saturated rings. The van der Waals surface area contributed by atoms with Gasteiger partial charge in [-0.25, -0.2) is 12.7 Å². The molecule has 0 radical (unpaired) electrons. The van der Waals surface area contributed by atoms with Crippen LogP contribution in [-0.2, 0) is 14.8 Å². The van der Waals surface area contributed by atoms with Gasteiger partial charge in [0.05, 0.1) is 4.90 Å². The van der Waals surface area contributed by atoms with Crippen molar-refractivity contribution in [3.63, 3.8) is 0 Å². The summed E-state index contributed by atoms with van der Waals surface area (Å²) < 4.78 is 26.6.